The predicted octanol–water partition coefficient (Wildman–Crippen LogP) is 6.28. The third kappa shape index (κ3) is 2.94. The zero-order valence-corrected chi connectivity index (χ0v) is 16.7. The van der Waals surface area contributed by atoms with Gasteiger partial charge in [-0.2, -0.15) is 0 Å². The van der Waals surface area contributed by atoms with E-state index in [1.807, 2.05) is 12.1 Å². The summed E-state index contributed by atoms with van der Waals surface area (Å²) >= 11 is 6.51. The fourth-order valence-corrected chi connectivity index (χ4v) is 4.82. The van der Waals surface area contributed by atoms with Crippen LogP contribution in [0, 0.1) is 6.92 Å². The van der Waals surface area contributed by atoms with E-state index in [0.717, 1.165) is 24.5 Å². The van der Waals surface area contributed by atoms with Gasteiger partial charge in [0, 0.05) is 40.3 Å². The van der Waals surface area contributed by atoms with Gasteiger partial charge in [0.2, 0.25) is 0 Å². The first-order valence-electron chi connectivity index (χ1n) is 9.85. The number of aromatic amines is 1. The highest BCUT2D eigenvalue weighted by molar-refractivity contribution is 6.31. The number of fused-ring (bicyclic) bond motifs is 2. The zero-order chi connectivity index (χ0) is 19.1. The molecule has 2 heterocycles. The van der Waals surface area contributed by atoms with E-state index >= 15 is 0 Å². The molecule has 1 aliphatic heterocycles. The molecule has 3 heteroatoms. The van der Waals surface area contributed by atoms with Crippen LogP contribution in [0.4, 0.5) is 0 Å². The summed E-state index contributed by atoms with van der Waals surface area (Å²) in [7, 11) is 0. The Labute approximate surface area is 170 Å². The van der Waals surface area contributed by atoms with Crippen molar-refractivity contribution in [1.82, 2.24) is 9.88 Å². The molecule has 1 aromatic heterocycles. The Kier molecular flexibility index (Phi) is 4.46. The number of para-hydroxylation sites is 1. The van der Waals surface area contributed by atoms with E-state index in [2.05, 4.69) is 77.5 Å². The SMILES string of the molecule is Cc1[nH]c2ccccc2c1C1c2ccccc2CCN1Cc1ccccc1Cl. The molecule has 5 rings (SSSR count). The van der Waals surface area contributed by atoms with Crippen LogP contribution in [0.1, 0.15) is 34.0 Å². The molecule has 0 aliphatic carbocycles. The number of nitrogens with zero attached hydrogens (tertiary/aromatic N) is 1. The average Bonchev–Trinajstić information content (AvgIpc) is 3.05. The van der Waals surface area contributed by atoms with Gasteiger partial charge in [0.25, 0.3) is 0 Å². The second-order valence-electron chi connectivity index (χ2n) is 7.62. The molecule has 0 bridgehead atoms. The van der Waals surface area contributed by atoms with Crippen molar-refractivity contribution in [3.8, 4) is 0 Å². The van der Waals surface area contributed by atoms with Crippen molar-refractivity contribution >= 4 is 22.5 Å². The van der Waals surface area contributed by atoms with Gasteiger partial charge in [-0.15, -0.1) is 0 Å². The predicted molar refractivity (Wildman–Crippen MR) is 117 cm³/mol. The summed E-state index contributed by atoms with van der Waals surface area (Å²) in [6, 6.07) is 25.9. The van der Waals surface area contributed by atoms with Gasteiger partial charge in [-0.3, -0.25) is 4.90 Å². The Morgan fingerprint density at radius 3 is 2.61 bits per heavy atom. The lowest BCUT2D eigenvalue weighted by Gasteiger charge is -2.38. The number of rotatable bonds is 3. The number of H-pyrrole nitrogens is 1. The molecular formula is C25H23ClN2. The van der Waals surface area contributed by atoms with Crippen LogP contribution in [0.15, 0.2) is 72.8 Å². The number of nitrogens with one attached hydrogen (secondary N) is 1. The summed E-state index contributed by atoms with van der Waals surface area (Å²) in [5.74, 6) is 0. The standard InChI is InChI=1S/C25H23ClN2/c1-17-24(21-11-5-7-13-23(21)27-17)25-20-10-4-2-8-18(20)14-15-28(25)16-19-9-3-6-12-22(19)26/h2-13,25,27H,14-16H2,1H3. The van der Waals surface area contributed by atoms with Gasteiger partial charge in [-0.25, -0.2) is 0 Å². The molecule has 140 valence electrons. The van der Waals surface area contributed by atoms with Crippen LogP contribution in [-0.2, 0) is 13.0 Å². The van der Waals surface area contributed by atoms with Crippen LogP contribution in [0.5, 0.6) is 0 Å². The van der Waals surface area contributed by atoms with E-state index in [9.17, 15) is 0 Å². The number of aromatic nitrogens is 1. The Bertz CT molecular complexity index is 1140. The molecule has 1 atom stereocenters. The Balaban J connectivity index is 1.67. The van der Waals surface area contributed by atoms with Crippen molar-refractivity contribution in [3.05, 3.63) is 106 Å². The van der Waals surface area contributed by atoms with Gasteiger partial charge in [0.15, 0.2) is 0 Å². The van der Waals surface area contributed by atoms with Crippen LogP contribution in [0.3, 0.4) is 0 Å². The van der Waals surface area contributed by atoms with Gasteiger partial charge in [-0.1, -0.05) is 72.3 Å². The normalized spacial score (nSPS) is 17.0. The van der Waals surface area contributed by atoms with Crippen LogP contribution in [-0.4, -0.2) is 16.4 Å². The maximum atomic E-state index is 6.51. The first-order valence-corrected chi connectivity index (χ1v) is 10.2. The largest absolute Gasteiger partial charge is 0.358 e. The number of halogens is 1. The van der Waals surface area contributed by atoms with Crippen molar-refractivity contribution in [2.75, 3.05) is 6.54 Å². The van der Waals surface area contributed by atoms with Crippen molar-refractivity contribution in [3.63, 3.8) is 0 Å². The maximum Gasteiger partial charge on any atom is 0.0631 e. The summed E-state index contributed by atoms with van der Waals surface area (Å²) in [5.41, 5.74) is 7.88. The van der Waals surface area contributed by atoms with Crippen LogP contribution < -0.4 is 0 Å². The second-order valence-corrected chi connectivity index (χ2v) is 8.03. The lowest BCUT2D eigenvalue weighted by atomic mass is 9.86. The molecule has 0 fully saturated rings. The molecule has 3 aromatic carbocycles. The minimum absolute atomic E-state index is 0.220. The average molecular weight is 387 g/mol. The van der Waals surface area contributed by atoms with Crippen LogP contribution in [0.2, 0.25) is 5.02 Å². The maximum absolute atomic E-state index is 6.51. The first-order chi connectivity index (χ1) is 13.7. The number of aryl methyl sites for hydroxylation is 1. The van der Waals surface area contributed by atoms with Crippen LogP contribution in [0.25, 0.3) is 10.9 Å². The Morgan fingerprint density at radius 2 is 1.71 bits per heavy atom. The van der Waals surface area contributed by atoms with E-state index in [4.69, 9.17) is 11.6 Å². The Hall–Kier alpha value is -2.55. The molecule has 1 aliphatic rings. The topological polar surface area (TPSA) is 19.0 Å². The van der Waals surface area contributed by atoms with E-state index in [1.54, 1.807) is 0 Å². The lowest BCUT2D eigenvalue weighted by Crippen LogP contribution is -2.36. The van der Waals surface area contributed by atoms with Crippen molar-refractivity contribution in [1.29, 1.82) is 0 Å². The summed E-state index contributed by atoms with van der Waals surface area (Å²) in [6.45, 7) is 4.06. The molecule has 0 saturated carbocycles. The minimum Gasteiger partial charge on any atom is -0.358 e. The zero-order valence-electron chi connectivity index (χ0n) is 16.0. The molecular weight excluding hydrogens is 364 g/mol. The molecule has 1 N–H and O–H groups in total. The number of hydrogen-bond donors (Lipinski definition) is 1. The smallest absolute Gasteiger partial charge is 0.0631 e. The third-order valence-corrected chi connectivity index (χ3v) is 6.30. The van der Waals surface area contributed by atoms with E-state index < -0.39 is 0 Å². The molecule has 28 heavy (non-hydrogen) atoms. The first kappa shape index (κ1) is 17.5. The quantitative estimate of drug-likeness (QED) is 0.439. The van der Waals surface area contributed by atoms with E-state index in [1.165, 1.54) is 38.9 Å². The summed E-state index contributed by atoms with van der Waals surface area (Å²) in [5, 5.41) is 2.15. The van der Waals surface area contributed by atoms with Crippen molar-refractivity contribution in [2.45, 2.75) is 25.9 Å². The molecule has 4 aromatic rings. The third-order valence-electron chi connectivity index (χ3n) is 5.93. The lowest BCUT2D eigenvalue weighted by molar-refractivity contribution is 0.205. The minimum atomic E-state index is 0.220. The molecule has 0 radical (unpaired) electrons. The number of hydrogen-bond acceptors (Lipinski definition) is 1. The molecule has 1 unspecified atom stereocenters. The molecule has 0 spiro atoms. The number of benzene rings is 3. The summed E-state index contributed by atoms with van der Waals surface area (Å²) in [4.78, 5) is 6.17. The molecule has 0 amide bonds. The van der Waals surface area contributed by atoms with Crippen molar-refractivity contribution < 1.29 is 0 Å². The highest BCUT2D eigenvalue weighted by Gasteiger charge is 2.31. The highest BCUT2D eigenvalue weighted by Crippen LogP contribution is 2.41. The van der Waals surface area contributed by atoms with Crippen LogP contribution >= 0.6 is 11.6 Å². The van der Waals surface area contributed by atoms with E-state index in [-0.39, 0.29) is 6.04 Å². The monoisotopic (exact) mass is 386 g/mol. The fourth-order valence-electron chi connectivity index (χ4n) is 4.62. The highest BCUT2D eigenvalue weighted by atomic mass is 35.5. The summed E-state index contributed by atoms with van der Waals surface area (Å²) in [6.07, 6.45) is 1.07. The van der Waals surface area contributed by atoms with E-state index in [0.29, 0.717) is 0 Å². The molecule has 2 nitrogen and oxygen atoms in total. The molecule has 0 saturated heterocycles. The van der Waals surface area contributed by atoms with Gasteiger partial charge in [0.1, 0.15) is 0 Å². The fraction of sp³-hybridized carbons (Fsp3) is 0.200. The van der Waals surface area contributed by atoms with Gasteiger partial charge in [-0.05, 0) is 42.2 Å². The van der Waals surface area contributed by atoms with Crippen molar-refractivity contribution in [2.24, 2.45) is 0 Å². The van der Waals surface area contributed by atoms with Gasteiger partial charge >= 0.3 is 0 Å². The summed E-state index contributed by atoms with van der Waals surface area (Å²) < 4.78 is 0. The Morgan fingerprint density at radius 1 is 0.964 bits per heavy atom. The van der Waals surface area contributed by atoms with Gasteiger partial charge < -0.3 is 4.98 Å². The van der Waals surface area contributed by atoms with Gasteiger partial charge in [0.05, 0.1) is 6.04 Å². The second kappa shape index (κ2) is 7.12.